The molecule has 6 nitrogen and oxygen atoms in total. The first-order valence-corrected chi connectivity index (χ1v) is 6.49. The number of anilines is 1. The van der Waals surface area contributed by atoms with Gasteiger partial charge in [-0.1, -0.05) is 0 Å². The summed E-state index contributed by atoms with van der Waals surface area (Å²) >= 11 is 0. The summed E-state index contributed by atoms with van der Waals surface area (Å²) in [5.74, 6) is 0. The number of hydrogen-bond acceptors (Lipinski definition) is 5. The van der Waals surface area contributed by atoms with Crippen LogP contribution < -0.4 is 4.90 Å². The number of carbonyl (C=O) groups excluding carboxylic acids is 1. The van der Waals surface area contributed by atoms with Crippen molar-refractivity contribution in [3.8, 4) is 0 Å². The van der Waals surface area contributed by atoms with Gasteiger partial charge in [-0.2, -0.15) is 0 Å². The van der Waals surface area contributed by atoms with Crippen molar-refractivity contribution in [3.63, 3.8) is 0 Å². The minimum absolute atomic E-state index is 0.0635. The molecule has 1 fully saturated rings. The summed E-state index contributed by atoms with van der Waals surface area (Å²) in [6, 6.07) is 4.63. The summed E-state index contributed by atoms with van der Waals surface area (Å²) in [7, 11) is 0. The second-order valence-electron chi connectivity index (χ2n) is 5.69. The van der Waals surface area contributed by atoms with E-state index in [0.29, 0.717) is 19.4 Å². The second-order valence-corrected chi connectivity index (χ2v) is 5.69. The molecule has 0 aromatic heterocycles. The van der Waals surface area contributed by atoms with Gasteiger partial charge in [-0.15, -0.1) is 0 Å². The molecule has 0 aliphatic carbocycles. The lowest BCUT2D eigenvalue weighted by Gasteiger charge is -2.43. The van der Waals surface area contributed by atoms with E-state index in [2.05, 4.69) is 4.90 Å². The lowest BCUT2D eigenvalue weighted by Crippen LogP contribution is -2.52. The highest BCUT2D eigenvalue weighted by Crippen LogP contribution is 2.29. The third-order valence-electron chi connectivity index (χ3n) is 3.27. The summed E-state index contributed by atoms with van der Waals surface area (Å²) in [6.45, 7) is 7.36. The monoisotopic (exact) mass is 278 g/mol. The molecule has 1 atom stereocenters. The van der Waals surface area contributed by atoms with E-state index >= 15 is 0 Å². The molecule has 1 aliphatic heterocycles. The highest BCUT2D eigenvalue weighted by molar-refractivity contribution is 5.83. The zero-order valence-corrected chi connectivity index (χ0v) is 11.8. The molecular weight excluding hydrogens is 260 g/mol. The van der Waals surface area contributed by atoms with E-state index in [9.17, 15) is 14.9 Å². The molecule has 0 radical (unpaired) electrons. The number of hydrogen-bond donors (Lipinski definition) is 0. The van der Waals surface area contributed by atoms with Crippen molar-refractivity contribution in [2.75, 3.05) is 18.0 Å². The number of rotatable bonds is 3. The normalized spacial score (nSPS) is 21.6. The first-order valence-electron chi connectivity index (χ1n) is 6.49. The smallest absolute Gasteiger partial charge is 0.280 e. The van der Waals surface area contributed by atoms with Gasteiger partial charge in [0.25, 0.3) is 5.69 Å². The average molecular weight is 278 g/mol. The number of morpholine rings is 1. The van der Waals surface area contributed by atoms with Gasteiger partial charge in [0.05, 0.1) is 22.2 Å². The number of carbonyl (C=O) groups is 1. The van der Waals surface area contributed by atoms with Crippen molar-refractivity contribution < 1.29 is 14.5 Å². The Kier molecular flexibility index (Phi) is 3.76. The van der Waals surface area contributed by atoms with Gasteiger partial charge in [0, 0.05) is 24.8 Å². The SMILES string of the molecule is CC1CN(c2ccc([N+](=O)[O-])c(C=O)c2)CC(C)(C)O1. The fourth-order valence-electron chi connectivity index (χ4n) is 2.65. The lowest BCUT2D eigenvalue weighted by molar-refractivity contribution is -0.385. The van der Waals surface area contributed by atoms with Crippen LogP contribution in [-0.2, 0) is 4.74 Å². The predicted octanol–water partition coefficient (Wildman–Crippen LogP) is 2.41. The minimum Gasteiger partial charge on any atom is -0.369 e. The third-order valence-corrected chi connectivity index (χ3v) is 3.27. The summed E-state index contributed by atoms with van der Waals surface area (Å²) < 4.78 is 5.82. The van der Waals surface area contributed by atoms with Crippen LogP contribution in [0.1, 0.15) is 31.1 Å². The molecule has 1 aromatic carbocycles. The van der Waals surface area contributed by atoms with E-state index in [4.69, 9.17) is 4.74 Å². The van der Waals surface area contributed by atoms with Crippen molar-refractivity contribution in [2.24, 2.45) is 0 Å². The van der Waals surface area contributed by atoms with Crippen LogP contribution in [0.5, 0.6) is 0 Å². The van der Waals surface area contributed by atoms with Gasteiger partial charge in [0.2, 0.25) is 0 Å². The van der Waals surface area contributed by atoms with Crippen LogP contribution in [0.25, 0.3) is 0 Å². The zero-order chi connectivity index (χ0) is 14.9. The van der Waals surface area contributed by atoms with Crippen molar-refractivity contribution in [1.82, 2.24) is 0 Å². The molecule has 1 aliphatic rings. The van der Waals surface area contributed by atoms with Gasteiger partial charge in [-0.3, -0.25) is 14.9 Å². The van der Waals surface area contributed by atoms with E-state index in [1.165, 1.54) is 6.07 Å². The van der Waals surface area contributed by atoms with Crippen LogP contribution in [-0.4, -0.2) is 36.0 Å². The average Bonchev–Trinajstić information content (AvgIpc) is 2.35. The first kappa shape index (κ1) is 14.5. The van der Waals surface area contributed by atoms with E-state index in [1.54, 1.807) is 12.1 Å². The van der Waals surface area contributed by atoms with Crippen LogP contribution in [0, 0.1) is 10.1 Å². The Hall–Kier alpha value is -1.95. The fourth-order valence-corrected chi connectivity index (χ4v) is 2.65. The van der Waals surface area contributed by atoms with Crippen molar-refractivity contribution >= 4 is 17.7 Å². The Balaban J connectivity index is 2.33. The van der Waals surface area contributed by atoms with Crippen LogP contribution in [0.4, 0.5) is 11.4 Å². The topological polar surface area (TPSA) is 72.7 Å². The maximum atomic E-state index is 11.0. The van der Waals surface area contributed by atoms with Gasteiger partial charge in [-0.05, 0) is 32.9 Å². The van der Waals surface area contributed by atoms with Crippen molar-refractivity contribution in [3.05, 3.63) is 33.9 Å². The van der Waals surface area contributed by atoms with E-state index in [-0.39, 0.29) is 23.0 Å². The largest absolute Gasteiger partial charge is 0.369 e. The van der Waals surface area contributed by atoms with Gasteiger partial charge in [0.15, 0.2) is 6.29 Å². The molecule has 0 amide bonds. The Morgan fingerprint density at radius 2 is 2.20 bits per heavy atom. The molecule has 1 unspecified atom stereocenters. The van der Waals surface area contributed by atoms with Crippen LogP contribution in [0.2, 0.25) is 0 Å². The Morgan fingerprint density at radius 3 is 2.75 bits per heavy atom. The molecule has 0 saturated carbocycles. The molecule has 0 bridgehead atoms. The summed E-state index contributed by atoms with van der Waals surface area (Å²) in [5.41, 5.74) is 0.454. The van der Waals surface area contributed by atoms with Crippen LogP contribution in [0.15, 0.2) is 18.2 Å². The van der Waals surface area contributed by atoms with Crippen molar-refractivity contribution in [1.29, 1.82) is 0 Å². The summed E-state index contributed by atoms with van der Waals surface area (Å²) in [6.07, 6.45) is 0.588. The van der Waals surface area contributed by atoms with Gasteiger partial charge in [0.1, 0.15) is 0 Å². The number of benzene rings is 1. The van der Waals surface area contributed by atoms with Crippen LogP contribution in [0.3, 0.4) is 0 Å². The predicted molar refractivity (Wildman–Crippen MR) is 75.3 cm³/mol. The highest BCUT2D eigenvalue weighted by atomic mass is 16.6. The molecular formula is C14H18N2O4. The van der Waals surface area contributed by atoms with Gasteiger partial charge < -0.3 is 9.64 Å². The van der Waals surface area contributed by atoms with Crippen molar-refractivity contribution in [2.45, 2.75) is 32.5 Å². The maximum absolute atomic E-state index is 11.0. The first-order chi connectivity index (χ1) is 9.32. The van der Waals surface area contributed by atoms with E-state index in [1.807, 2.05) is 20.8 Å². The van der Waals surface area contributed by atoms with Crippen LogP contribution >= 0.6 is 0 Å². The number of nitro groups is 1. The molecule has 2 rings (SSSR count). The van der Waals surface area contributed by atoms with Gasteiger partial charge in [-0.25, -0.2) is 0 Å². The molecule has 20 heavy (non-hydrogen) atoms. The maximum Gasteiger partial charge on any atom is 0.280 e. The standard InChI is InChI=1S/C14H18N2O4/c1-10-7-15(9-14(2,3)20-10)12-4-5-13(16(18)19)11(6-12)8-17/h4-6,8,10H,7,9H2,1-3H3. The molecule has 1 aromatic rings. The Labute approximate surface area is 117 Å². The molecule has 1 saturated heterocycles. The molecule has 0 N–H and O–H groups in total. The number of nitrogens with zero attached hydrogens (tertiary/aromatic N) is 2. The molecule has 0 spiro atoms. The van der Waals surface area contributed by atoms with E-state index in [0.717, 1.165) is 5.69 Å². The lowest BCUT2D eigenvalue weighted by atomic mass is 10.0. The number of aldehydes is 1. The fraction of sp³-hybridized carbons (Fsp3) is 0.500. The minimum atomic E-state index is -0.542. The second kappa shape index (κ2) is 5.20. The Bertz CT molecular complexity index is 542. The summed E-state index contributed by atoms with van der Waals surface area (Å²) in [5, 5.41) is 10.8. The molecule has 1 heterocycles. The number of nitro benzene ring substituents is 1. The highest BCUT2D eigenvalue weighted by Gasteiger charge is 2.31. The van der Waals surface area contributed by atoms with Gasteiger partial charge >= 0.3 is 0 Å². The zero-order valence-electron chi connectivity index (χ0n) is 11.8. The van der Waals surface area contributed by atoms with E-state index < -0.39 is 4.92 Å². The number of ether oxygens (including phenoxy) is 1. The third kappa shape index (κ3) is 2.96. The quantitative estimate of drug-likeness (QED) is 0.482. The summed E-state index contributed by atoms with van der Waals surface area (Å²) in [4.78, 5) is 23.4. The molecule has 108 valence electrons. The Morgan fingerprint density at radius 1 is 1.50 bits per heavy atom. The molecule has 6 heteroatoms.